The maximum atomic E-state index is 12.6. The predicted molar refractivity (Wildman–Crippen MR) is 116 cm³/mol. The molecule has 0 aliphatic carbocycles. The first-order valence-corrected chi connectivity index (χ1v) is 10.3. The van der Waals surface area contributed by atoms with Crippen LogP contribution in [0.5, 0.6) is 5.75 Å². The largest absolute Gasteiger partial charge is 0.481 e. The molecule has 3 aromatic rings. The maximum absolute atomic E-state index is 12.6. The lowest BCUT2D eigenvalue weighted by molar-refractivity contribution is -0.122. The number of benzene rings is 2. The van der Waals surface area contributed by atoms with Crippen molar-refractivity contribution in [3.8, 4) is 17.0 Å². The summed E-state index contributed by atoms with van der Waals surface area (Å²) >= 11 is 1.42. The number of nitrogens with zero attached hydrogens (tertiary/aromatic N) is 1. The molecule has 1 amide bonds. The minimum Gasteiger partial charge on any atom is -0.481 e. The molecule has 0 unspecified atom stereocenters. The summed E-state index contributed by atoms with van der Waals surface area (Å²) in [5.74, 6) is 0.499. The number of amides is 1. The third-order valence-electron chi connectivity index (χ3n) is 4.47. The number of para-hydroxylation sites is 1. The van der Waals surface area contributed by atoms with E-state index in [0.29, 0.717) is 17.3 Å². The topological polar surface area (TPSA) is 51.2 Å². The molecular weight excluding hydrogens is 368 g/mol. The van der Waals surface area contributed by atoms with Crippen LogP contribution in [-0.2, 0) is 10.2 Å². The summed E-state index contributed by atoms with van der Waals surface area (Å²) in [5, 5.41) is 5.42. The van der Waals surface area contributed by atoms with Gasteiger partial charge in [0.05, 0.1) is 5.69 Å². The van der Waals surface area contributed by atoms with E-state index in [-0.39, 0.29) is 11.3 Å². The summed E-state index contributed by atoms with van der Waals surface area (Å²) in [6, 6.07) is 17.8. The fourth-order valence-corrected chi connectivity index (χ4v) is 3.50. The number of aromatic nitrogens is 1. The van der Waals surface area contributed by atoms with Crippen molar-refractivity contribution in [2.45, 2.75) is 45.6 Å². The number of anilines is 1. The molecule has 146 valence electrons. The molecule has 28 heavy (non-hydrogen) atoms. The zero-order chi connectivity index (χ0) is 20.1. The Hall–Kier alpha value is -2.66. The van der Waals surface area contributed by atoms with Gasteiger partial charge in [0.25, 0.3) is 5.91 Å². The SMILES string of the molecule is CC[C@@H](Oc1ccccc1)C(=O)Nc1nc(-c2ccc(C(C)(C)C)cc2)cs1. The van der Waals surface area contributed by atoms with E-state index in [1.807, 2.05) is 42.6 Å². The van der Waals surface area contributed by atoms with Crippen molar-refractivity contribution in [3.63, 3.8) is 0 Å². The Bertz CT molecular complexity index is 912. The fourth-order valence-electron chi connectivity index (χ4n) is 2.78. The fraction of sp³-hybridized carbons (Fsp3) is 0.304. The molecule has 5 heteroatoms. The molecule has 0 saturated carbocycles. The summed E-state index contributed by atoms with van der Waals surface area (Å²) in [5.41, 5.74) is 3.30. The average molecular weight is 395 g/mol. The summed E-state index contributed by atoms with van der Waals surface area (Å²) < 4.78 is 5.80. The summed E-state index contributed by atoms with van der Waals surface area (Å²) in [6.07, 6.45) is 0.0218. The smallest absolute Gasteiger partial charge is 0.267 e. The summed E-state index contributed by atoms with van der Waals surface area (Å²) in [7, 11) is 0. The van der Waals surface area contributed by atoms with Gasteiger partial charge in [0.15, 0.2) is 11.2 Å². The summed E-state index contributed by atoms with van der Waals surface area (Å²) in [4.78, 5) is 17.1. The molecule has 0 radical (unpaired) electrons. The highest BCUT2D eigenvalue weighted by molar-refractivity contribution is 7.14. The van der Waals surface area contributed by atoms with Crippen molar-refractivity contribution in [2.75, 3.05) is 5.32 Å². The molecule has 1 N–H and O–H groups in total. The van der Waals surface area contributed by atoms with Gasteiger partial charge in [0.2, 0.25) is 0 Å². The van der Waals surface area contributed by atoms with Gasteiger partial charge < -0.3 is 4.74 Å². The first kappa shape index (κ1) is 20.1. The molecule has 1 atom stereocenters. The van der Waals surface area contributed by atoms with Gasteiger partial charge in [-0.2, -0.15) is 0 Å². The van der Waals surface area contributed by atoms with Crippen molar-refractivity contribution in [1.82, 2.24) is 4.98 Å². The van der Waals surface area contributed by atoms with E-state index in [0.717, 1.165) is 11.3 Å². The van der Waals surface area contributed by atoms with E-state index in [1.54, 1.807) is 0 Å². The molecule has 0 fully saturated rings. The van der Waals surface area contributed by atoms with Crippen LogP contribution >= 0.6 is 11.3 Å². The normalized spacial score (nSPS) is 12.4. The number of rotatable bonds is 6. The minimum absolute atomic E-state index is 0.119. The van der Waals surface area contributed by atoms with E-state index in [9.17, 15) is 4.79 Å². The second-order valence-corrected chi connectivity index (χ2v) is 8.54. The second kappa shape index (κ2) is 8.57. The van der Waals surface area contributed by atoms with Crippen LogP contribution in [0.15, 0.2) is 60.0 Å². The van der Waals surface area contributed by atoms with Crippen LogP contribution in [0.2, 0.25) is 0 Å². The van der Waals surface area contributed by atoms with Gasteiger partial charge in [-0.25, -0.2) is 4.98 Å². The molecule has 1 heterocycles. The number of thiazole rings is 1. The van der Waals surface area contributed by atoms with E-state index < -0.39 is 6.10 Å². The van der Waals surface area contributed by atoms with Gasteiger partial charge >= 0.3 is 0 Å². The third kappa shape index (κ3) is 4.98. The Balaban J connectivity index is 1.67. The minimum atomic E-state index is -0.555. The van der Waals surface area contributed by atoms with E-state index in [4.69, 9.17) is 4.74 Å². The van der Waals surface area contributed by atoms with Crippen molar-refractivity contribution in [2.24, 2.45) is 0 Å². The number of carbonyl (C=O) groups excluding carboxylic acids is 1. The van der Waals surface area contributed by atoms with Crippen LogP contribution in [0.4, 0.5) is 5.13 Å². The monoisotopic (exact) mass is 394 g/mol. The average Bonchev–Trinajstić information content (AvgIpc) is 3.14. The van der Waals surface area contributed by atoms with Crippen LogP contribution < -0.4 is 10.1 Å². The van der Waals surface area contributed by atoms with Crippen molar-refractivity contribution in [1.29, 1.82) is 0 Å². The van der Waals surface area contributed by atoms with Gasteiger partial charge in [0, 0.05) is 10.9 Å². The lowest BCUT2D eigenvalue weighted by atomic mass is 9.86. The number of hydrogen-bond donors (Lipinski definition) is 1. The molecule has 2 aromatic carbocycles. The van der Waals surface area contributed by atoms with Crippen LogP contribution in [0.25, 0.3) is 11.3 Å². The van der Waals surface area contributed by atoms with Gasteiger partial charge in [-0.05, 0) is 29.5 Å². The van der Waals surface area contributed by atoms with Gasteiger partial charge in [-0.15, -0.1) is 11.3 Å². The molecular formula is C23H26N2O2S. The first-order valence-electron chi connectivity index (χ1n) is 9.46. The van der Waals surface area contributed by atoms with Crippen LogP contribution in [0.3, 0.4) is 0 Å². The second-order valence-electron chi connectivity index (χ2n) is 7.68. The number of ether oxygens (including phenoxy) is 1. The number of nitrogens with one attached hydrogen (secondary N) is 1. The van der Waals surface area contributed by atoms with Crippen LogP contribution in [0, 0.1) is 0 Å². The molecule has 0 spiro atoms. The Morgan fingerprint density at radius 3 is 2.39 bits per heavy atom. The lowest BCUT2D eigenvalue weighted by Gasteiger charge is -2.18. The quantitative estimate of drug-likeness (QED) is 0.566. The molecule has 0 aliphatic heterocycles. The van der Waals surface area contributed by atoms with E-state index >= 15 is 0 Å². The summed E-state index contributed by atoms with van der Waals surface area (Å²) in [6.45, 7) is 8.51. The Morgan fingerprint density at radius 1 is 1.11 bits per heavy atom. The van der Waals surface area contributed by atoms with Gasteiger partial charge in [-0.3, -0.25) is 10.1 Å². The molecule has 0 aliphatic rings. The predicted octanol–water partition coefficient (Wildman–Crippen LogP) is 5.90. The van der Waals surface area contributed by atoms with E-state index in [2.05, 4.69) is 55.3 Å². The van der Waals surface area contributed by atoms with Crippen molar-refractivity contribution >= 4 is 22.4 Å². The highest BCUT2D eigenvalue weighted by Gasteiger charge is 2.20. The Labute approximate surface area is 170 Å². The number of carbonyl (C=O) groups is 1. The molecule has 1 aromatic heterocycles. The lowest BCUT2D eigenvalue weighted by Crippen LogP contribution is -2.32. The van der Waals surface area contributed by atoms with Gasteiger partial charge in [-0.1, -0.05) is 70.2 Å². The maximum Gasteiger partial charge on any atom is 0.267 e. The van der Waals surface area contributed by atoms with E-state index in [1.165, 1.54) is 16.9 Å². The third-order valence-corrected chi connectivity index (χ3v) is 5.22. The molecule has 0 bridgehead atoms. The van der Waals surface area contributed by atoms with Crippen LogP contribution in [0.1, 0.15) is 39.7 Å². The van der Waals surface area contributed by atoms with Crippen molar-refractivity contribution < 1.29 is 9.53 Å². The number of hydrogen-bond acceptors (Lipinski definition) is 4. The highest BCUT2D eigenvalue weighted by atomic mass is 32.1. The molecule has 4 nitrogen and oxygen atoms in total. The van der Waals surface area contributed by atoms with Gasteiger partial charge in [0.1, 0.15) is 5.75 Å². The zero-order valence-electron chi connectivity index (χ0n) is 16.7. The standard InChI is InChI=1S/C23H26N2O2S/c1-5-20(27-18-9-7-6-8-10-18)21(26)25-22-24-19(15-28-22)16-11-13-17(14-12-16)23(2,3)4/h6-15,20H,5H2,1-4H3,(H,24,25,26)/t20-/m1/s1. The molecule has 0 saturated heterocycles. The zero-order valence-corrected chi connectivity index (χ0v) is 17.5. The molecule has 3 rings (SSSR count). The highest BCUT2D eigenvalue weighted by Crippen LogP contribution is 2.28. The first-order chi connectivity index (χ1) is 13.4. The van der Waals surface area contributed by atoms with Crippen molar-refractivity contribution in [3.05, 3.63) is 65.5 Å². The van der Waals surface area contributed by atoms with Crippen LogP contribution in [-0.4, -0.2) is 17.0 Å². The Morgan fingerprint density at radius 2 is 1.79 bits per heavy atom. The Kier molecular flexibility index (Phi) is 6.15.